The molecule has 2 heterocycles. The van der Waals surface area contributed by atoms with Crippen LogP contribution in [0.5, 0.6) is 0 Å². The van der Waals surface area contributed by atoms with Crippen LogP contribution in [0.2, 0.25) is 0 Å². The van der Waals surface area contributed by atoms with Gasteiger partial charge in [0.05, 0.1) is 0 Å². The standard InChI is InChI=1S/C13H17F2N5O/c1-10-8-11(13(14)15)18-20(10)9-12(21)16-4-2-6-19-7-3-5-17-19/h3,5,7-8,13H,2,4,6,9H2,1H3,(H,16,21). The van der Waals surface area contributed by atoms with Gasteiger partial charge in [-0.15, -0.1) is 0 Å². The van der Waals surface area contributed by atoms with E-state index in [0.717, 1.165) is 6.42 Å². The minimum atomic E-state index is -2.62. The maximum atomic E-state index is 12.5. The number of carbonyl (C=O) groups is 1. The molecule has 1 N–H and O–H groups in total. The predicted molar refractivity (Wildman–Crippen MR) is 71.8 cm³/mol. The third kappa shape index (κ3) is 4.37. The van der Waals surface area contributed by atoms with Crippen molar-refractivity contribution in [3.05, 3.63) is 35.9 Å². The summed E-state index contributed by atoms with van der Waals surface area (Å²) in [6.07, 6.45) is 1.66. The third-order valence-electron chi connectivity index (χ3n) is 2.96. The fraction of sp³-hybridized carbons (Fsp3) is 0.462. The van der Waals surface area contributed by atoms with Crippen LogP contribution in [0.1, 0.15) is 24.2 Å². The molecule has 0 atom stereocenters. The van der Waals surface area contributed by atoms with Crippen LogP contribution in [-0.2, 0) is 17.9 Å². The number of carbonyl (C=O) groups excluding carboxylic acids is 1. The zero-order valence-electron chi connectivity index (χ0n) is 11.7. The Kier molecular flexibility index (Phi) is 5.02. The van der Waals surface area contributed by atoms with Gasteiger partial charge in [0.1, 0.15) is 12.2 Å². The number of nitrogens with one attached hydrogen (secondary N) is 1. The van der Waals surface area contributed by atoms with Gasteiger partial charge in [-0.25, -0.2) is 8.78 Å². The van der Waals surface area contributed by atoms with Gasteiger partial charge in [0.25, 0.3) is 6.43 Å². The normalized spacial score (nSPS) is 11.0. The lowest BCUT2D eigenvalue weighted by molar-refractivity contribution is -0.121. The molecule has 21 heavy (non-hydrogen) atoms. The van der Waals surface area contributed by atoms with Crippen molar-refractivity contribution >= 4 is 5.91 Å². The molecule has 0 unspecified atom stereocenters. The SMILES string of the molecule is Cc1cc(C(F)F)nn1CC(=O)NCCCn1cccn1. The Labute approximate surface area is 120 Å². The van der Waals surface area contributed by atoms with Gasteiger partial charge in [-0.05, 0) is 25.5 Å². The highest BCUT2D eigenvalue weighted by molar-refractivity contribution is 5.75. The quantitative estimate of drug-likeness (QED) is 0.788. The fourth-order valence-corrected chi connectivity index (χ4v) is 1.90. The molecular weight excluding hydrogens is 280 g/mol. The Hall–Kier alpha value is -2.25. The van der Waals surface area contributed by atoms with Crippen molar-refractivity contribution < 1.29 is 13.6 Å². The highest BCUT2D eigenvalue weighted by Crippen LogP contribution is 2.17. The van der Waals surface area contributed by atoms with E-state index < -0.39 is 6.43 Å². The van der Waals surface area contributed by atoms with E-state index in [9.17, 15) is 13.6 Å². The number of alkyl halides is 2. The molecule has 0 saturated heterocycles. The summed E-state index contributed by atoms with van der Waals surface area (Å²) in [4.78, 5) is 11.7. The van der Waals surface area contributed by atoms with Crippen molar-refractivity contribution in [3.8, 4) is 0 Å². The number of aromatic nitrogens is 4. The summed E-state index contributed by atoms with van der Waals surface area (Å²) in [6, 6.07) is 3.12. The number of hydrogen-bond acceptors (Lipinski definition) is 3. The van der Waals surface area contributed by atoms with Gasteiger partial charge in [-0.1, -0.05) is 0 Å². The van der Waals surface area contributed by atoms with Gasteiger partial charge < -0.3 is 5.32 Å². The first-order valence-electron chi connectivity index (χ1n) is 6.63. The van der Waals surface area contributed by atoms with Crippen LogP contribution >= 0.6 is 0 Å². The number of rotatable bonds is 7. The number of halogens is 2. The number of nitrogens with zero attached hydrogens (tertiary/aromatic N) is 4. The average molecular weight is 297 g/mol. The Bertz CT molecular complexity index is 579. The number of amides is 1. The van der Waals surface area contributed by atoms with E-state index in [-0.39, 0.29) is 18.1 Å². The molecule has 6 nitrogen and oxygen atoms in total. The average Bonchev–Trinajstić information content (AvgIpc) is 3.05. The summed E-state index contributed by atoms with van der Waals surface area (Å²) in [6.45, 7) is 2.80. The van der Waals surface area contributed by atoms with Gasteiger partial charge in [0.2, 0.25) is 5.91 Å². The van der Waals surface area contributed by atoms with Gasteiger partial charge in [-0.2, -0.15) is 10.2 Å². The van der Waals surface area contributed by atoms with E-state index in [1.54, 1.807) is 17.8 Å². The van der Waals surface area contributed by atoms with Crippen LogP contribution < -0.4 is 5.32 Å². The molecule has 2 rings (SSSR count). The Morgan fingerprint density at radius 3 is 2.90 bits per heavy atom. The predicted octanol–water partition coefficient (Wildman–Crippen LogP) is 1.53. The van der Waals surface area contributed by atoms with Crippen LogP contribution in [0.25, 0.3) is 0 Å². The van der Waals surface area contributed by atoms with Crippen LogP contribution in [0.3, 0.4) is 0 Å². The number of hydrogen-bond donors (Lipinski definition) is 1. The molecule has 8 heteroatoms. The zero-order valence-corrected chi connectivity index (χ0v) is 11.7. The van der Waals surface area contributed by atoms with Crippen LogP contribution in [-0.4, -0.2) is 32.0 Å². The molecule has 0 aliphatic rings. The molecule has 0 aliphatic carbocycles. The summed E-state index contributed by atoms with van der Waals surface area (Å²) < 4.78 is 28.1. The minimum Gasteiger partial charge on any atom is -0.354 e. The minimum absolute atomic E-state index is 0.0552. The fourth-order valence-electron chi connectivity index (χ4n) is 1.90. The van der Waals surface area contributed by atoms with Crippen LogP contribution in [0.4, 0.5) is 8.78 Å². The molecule has 2 aromatic rings. The van der Waals surface area contributed by atoms with E-state index in [4.69, 9.17) is 0 Å². The lowest BCUT2D eigenvalue weighted by Crippen LogP contribution is -2.29. The van der Waals surface area contributed by atoms with Gasteiger partial charge in [0.15, 0.2) is 0 Å². The maximum absolute atomic E-state index is 12.5. The topological polar surface area (TPSA) is 64.7 Å². The largest absolute Gasteiger partial charge is 0.354 e. The second-order valence-corrected chi connectivity index (χ2v) is 4.64. The van der Waals surface area contributed by atoms with Crippen LogP contribution in [0, 0.1) is 6.92 Å². The molecule has 0 aromatic carbocycles. The van der Waals surface area contributed by atoms with Crippen LogP contribution in [0.15, 0.2) is 24.5 Å². The first kappa shape index (κ1) is 15.1. The van der Waals surface area contributed by atoms with Crippen molar-refractivity contribution in [2.45, 2.75) is 32.9 Å². The maximum Gasteiger partial charge on any atom is 0.282 e. The van der Waals surface area contributed by atoms with Crippen molar-refractivity contribution in [1.82, 2.24) is 24.9 Å². The summed E-state index contributed by atoms with van der Waals surface area (Å²) in [5.41, 5.74) is 0.232. The number of aryl methyl sites for hydroxylation is 2. The molecule has 2 aromatic heterocycles. The van der Waals surface area contributed by atoms with Crippen molar-refractivity contribution in [3.63, 3.8) is 0 Å². The zero-order chi connectivity index (χ0) is 15.2. The van der Waals surface area contributed by atoms with E-state index >= 15 is 0 Å². The van der Waals surface area contributed by atoms with E-state index in [1.807, 2.05) is 12.3 Å². The first-order valence-corrected chi connectivity index (χ1v) is 6.63. The van der Waals surface area contributed by atoms with E-state index in [2.05, 4.69) is 15.5 Å². The second kappa shape index (κ2) is 6.96. The summed E-state index contributed by atoms with van der Waals surface area (Å²) >= 11 is 0. The Balaban J connectivity index is 1.74. The second-order valence-electron chi connectivity index (χ2n) is 4.64. The highest BCUT2D eigenvalue weighted by Gasteiger charge is 2.14. The van der Waals surface area contributed by atoms with Gasteiger partial charge in [0, 0.05) is 31.2 Å². The van der Waals surface area contributed by atoms with Crippen molar-refractivity contribution in [2.75, 3.05) is 6.54 Å². The molecule has 0 saturated carbocycles. The summed E-state index contributed by atoms with van der Waals surface area (Å²) in [5, 5.41) is 10.5. The monoisotopic (exact) mass is 297 g/mol. The smallest absolute Gasteiger partial charge is 0.282 e. The van der Waals surface area contributed by atoms with E-state index in [0.29, 0.717) is 18.8 Å². The molecule has 0 spiro atoms. The van der Waals surface area contributed by atoms with Gasteiger partial charge >= 0.3 is 0 Å². The molecule has 0 aliphatic heterocycles. The molecule has 0 radical (unpaired) electrons. The summed E-state index contributed by atoms with van der Waals surface area (Å²) in [5.74, 6) is -0.248. The van der Waals surface area contributed by atoms with Crippen molar-refractivity contribution in [1.29, 1.82) is 0 Å². The lowest BCUT2D eigenvalue weighted by Gasteiger charge is -2.07. The lowest BCUT2D eigenvalue weighted by atomic mass is 10.4. The van der Waals surface area contributed by atoms with Crippen molar-refractivity contribution in [2.24, 2.45) is 0 Å². The third-order valence-corrected chi connectivity index (χ3v) is 2.96. The van der Waals surface area contributed by atoms with Gasteiger partial charge in [-0.3, -0.25) is 14.2 Å². The van der Waals surface area contributed by atoms with E-state index in [1.165, 1.54) is 10.7 Å². The molecule has 0 fully saturated rings. The Morgan fingerprint density at radius 2 is 2.29 bits per heavy atom. The molecule has 0 bridgehead atoms. The Morgan fingerprint density at radius 1 is 1.48 bits per heavy atom. The highest BCUT2D eigenvalue weighted by atomic mass is 19.3. The molecular formula is C13H17F2N5O. The molecule has 114 valence electrons. The molecule has 1 amide bonds. The summed E-state index contributed by atoms with van der Waals surface area (Å²) in [7, 11) is 0. The first-order chi connectivity index (χ1) is 10.1.